The molecule has 0 aliphatic rings. The van der Waals surface area contributed by atoms with E-state index in [9.17, 15) is 9.59 Å². The van der Waals surface area contributed by atoms with Crippen LogP contribution in [0.2, 0.25) is 0 Å². The summed E-state index contributed by atoms with van der Waals surface area (Å²) in [7, 11) is 0. The Morgan fingerprint density at radius 2 is 1.83 bits per heavy atom. The lowest BCUT2D eigenvalue weighted by Crippen LogP contribution is -2.14. The number of carbonyl (C=O) groups is 2. The summed E-state index contributed by atoms with van der Waals surface area (Å²) in [5.41, 5.74) is 6.60. The van der Waals surface area contributed by atoms with E-state index in [-0.39, 0.29) is 12.0 Å². The first kappa shape index (κ1) is 16.5. The van der Waals surface area contributed by atoms with Crippen LogP contribution in [0.3, 0.4) is 0 Å². The van der Waals surface area contributed by atoms with Crippen molar-refractivity contribution in [2.45, 2.75) is 26.4 Å². The zero-order valence-corrected chi connectivity index (χ0v) is 13.2. The van der Waals surface area contributed by atoms with Crippen molar-refractivity contribution >= 4 is 17.5 Å². The summed E-state index contributed by atoms with van der Waals surface area (Å²) in [5, 5.41) is 2.74. The normalized spacial score (nSPS) is 11.6. The van der Waals surface area contributed by atoms with Crippen LogP contribution in [0.5, 0.6) is 5.75 Å². The van der Waals surface area contributed by atoms with Gasteiger partial charge in [0, 0.05) is 16.8 Å². The third-order valence-corrected chi connectivity index (χ3v) is 3.43. The van der Waals surface area contributed by atoms with Crippen LogP contribution in [0.4, 0.5) is 5.69 Å². The van der Waals surface area contributed by atoms with Crippen LogP contribution in [-0.2, 0) is 0 Å². The molecule has 0 spiro atoms. The minimum absolute atomic E-state index is 0.131. The molecule has 120 valence electrons. The highest BCUT2D eigenvalue weighted by Crippen LogP contribution is 2.17. The molecule has 2 rings (SSSR count). The van der Waals surface area contributed by atoms with Gasteiger partial charge in [0.15, 0.2) is 0 Å². The summed E-state index contributed by atoms with van der Waals surface area (Å²) in [4.78, 5) is 23.4. The molecule has 0 bridgehead atoms. The van der Waals surface area contributed by atoms with E-state index in [4.69, 9.17) is 10.5 Å². The van der Waals surface area contributed by atoms with Gasteiger partial charge in [-0.15, -0.1) is 0 Å². The largest absolute Gasteiger partial charge is 0.491 e. The number of nitrogens with two attached hydrogens (primary N) is 1. The van der Waals surface area contributed by atoms with Crippen molar-refractivity contribution in [3.05, 3.63) is 59.7 Å². The average Bonchev–Trinajstić information content (AvgIpc) is 2.55. The maximum Gasteiger partial charge on any atom is 0.255 e. The fraction of sp³-hybridized carbons (Fsp3) is 0.222. The Morgan fingerprint density at radius 3 is 2.43 bits per heavy atom. The Labute approximate surface area is 135 Å². The molecule has 2 amide bonds. The minimum Gasteiger partial charge on any atom is -0.491 e. The highest BCUT2D eigenvalue weighted by Gasteiger charge is 2.08. The molecule has 23 heavy (non-hydrogen) atoms. The SMILES string of the molecule is CCC(C)Oc1ccc(C(=O)Nc2cccc(C(N)=O)c2)cc1. The number of anilines is 1. The first-order valence-electron chi connectivity index (χ1n) is 7.47. The monoisotopic (exact) mass is 312 g/mol. The number of carbonyl (C=O) groups excluding carboxylic acids is 2. The second-order valence-electron chi connectivity index (χ2n) is 5.26. The van der Waals surface area contributed by atoms with Crippen LogP contribution in [0.1, 0.15) is 41.0 Å². The molecule has 2 aromatic rings. The zero-order valence-electron chi connectivity index (χ0n) is 13.2. The van der Waals surface area contributed by atoms with E-state index in [1.54, 1.807) is 48.5 Å². The lowest BCUT2D eigenvalue weighted by atomic mass is 10.1. The van der Waals surface area contributed by atoms with Gasteiger partial charge < -0.3 is 15.8 Å². The third-order valence-electron chi connectivity index (χ3n) is 3.43. The molecule has 5 nitrogen and oxygen atoms in total. The Kier molecular flexibility index (Phi) is 5.36. The quantitative estimate of drug-likeness (QED) is 0.859. The summed E-state index contributed by atoms with van der Waals surface area (Å²) >= 11 is 0. The number of benzene rings is 2. The molecule has 0 radical (unpaired) electrons. The molecule has 5 heteroatoms. The van der Waals surface area contributed by atoms with Gasteiger partial charge in [0.1, 0.15) is 5.75 Å². The summed E-state index contributed by atoms with van der Waals surface area (Å²) < 4.78 is 5.68. The average molecular weight is 312 g/mol. The van der Waals surface area contributed by atoms with E-state index >= 15 is 0 Å². The highest BCUT2D eigenvalue weighted by molar-refractivity contribution is 6.05. The molecule has 0 saturated heterocycles. The Hall–Kier alpha value is -2.82. The van der Waals surface area contributed by atoms with Gasteiger partial charge in [-0.2, -0.15) is 0 Å². The molecule has 3 N–H and O–H groups in total. The molecule has 0 heterocycles. The van der Waals surface area contributed by atoms with E-state index in [0.29, 0.717) is 16.8 Å². The molecule has 0 aliphatic heterocycles. The fourth-order valence-corrected chi connectivity index (χ4v) is 1.95. The Bertz CT molecular complexity index is 696. The maximum atomic E-state index is 12.2. The van der Waals surface area contributed by atoms with Crippen LogP contribution in [0.25, 0.3) is 0 Å². The fourth-order valence-electron chi connectivity index (χ4n) is 1.95. The first-order chi connectivity index (χ1) is 11.0. The van der Waals surface area contributed by atoms with Crippen molar-refractivity contribution < 1.29 is 14.3 Å². The number of nitrogens with one attached hydrogen (secondary N) is 1. The summed E-state index contributed by atoms with van der Waals surface area (Å²) in [6, 6.07) is 13.4. The maximum absolute atomic E-state index is 12.2. The second-order valence-corrected chi connectivity index (χ2v) is 5.26. The smallest absolute Gasteiger partial charge is 0.255 e. The predicted molar refractivity (Wildman–Crippen MR) is 89.7 cm³/mol. The molecule has 0 saturated carbocycles. The van der Waals surface area contributed by atoms with Crippen molar-refractivity contribution in [2.24, 2.45) is 5.73 Å². The van der Waals surface area contributed by atoms with Crippen LogP contribution < -0.4 is 15.8 Å². The molecular formula is C18H20N2O3. The second kappa shape index (κ2) is 7.45. The predicted octanol–water partition coefficient (Wildman–Crippen LogP) is 3.22. The number of primary amides is 1. The van der Waals surface area contributed by atoms with E-state index in [2.05, 4.69) is 5.32 Å². The van der Waals surface area contributed by atoms with E-state index in [1.165, 1.54) is 0 Å². The molecular weight excluding hydrogens is 292 g/mol. The van der Waals surface area contributed by atoms with Crippen molar-refractivity contribution in [2.75, 3.05) is 5.32 Å². The first-order valence-corrected chi connectivity index (χ1v) is 7.47. The topological polar surface area (TPSA) is 81.4 Å². The Morgan fingerprint density at radius 1 is 1.13 bits per heavy atom. The van der Waals surface area contributed by atoms with Crippen LogP contribution in [0.15, 0.2) is 48.5 Å². The number of hydrogen-bond donors (Lipinski definition) is 2. The van der Waals surface area contributed by atoms with Crippen molar-refractivity contribution in [3.8, 4) is 5.75 Å². The van der Waals surface area contributed by atoms with E-state index in [0.717, 1.165) is 12.2 Å². The highest BCUT2D eigenvalue weighted by atomic mass is 16.5. The number of hydrogen-bond acceptors (Lipinski definition) is 3. The molecule has 1 unspecified atom stereocenters. The summed E-state index contributed by atoms with van der Waals surface area (Å²) in [6.45, 7) is 4.04. The van der Waals surface area contributed by atoms with Crippen LogP contribution >= 0.6 is 0 Å². The number of ether oxygens (including phenoxy) is 1. The molecule has 0 fully saturated rings. The van der Waals surface area contributed by atoms with Gasteiger partial charge in [-0.25, -0.2) is 0 Å². The van der Waals surface area contributed by atoms with Crippen LogP contribution in [-0.4, -0.2) is 17.9 Å². The van der Waals surface area contributed by atoms with Crippen molar-refractivity contribution in [3.63, 3.8) is 0 Å². The number of amides is 2. The standard InChI is InChI=1S/C18H20N2O3/c1-3-12(2)23-16-9-7-13(8-10-16)18(22)20-15-6-4-5-14(11-15)17(19)21/h4-12H,3H2,1-2H3,(H2,19,21)(H,20,22). The van der Waals surface area contributed by atoms with Crippen molar-refractivity contribution in [1.82, 2.24) is 0 Å². The van der Waals surface area contributed by atoms with E-state index in [1.807, 2.05) is 13.8 Å². The van der Waals surface area contributed by atoms with Gasteiger partial charge in [-0.3, -0.25) is 9.59 Å². The summed E-state index contributed by atoms with van der Waals surface area (Å²) in [5.74, 6) is -0.0685. The van der Waals surface area contributed by atoms with Gasteiger partial charge in [0.05, 0.1) is 6.10 Å². The van der Waals surface area contributed by atoms with Gasteiger partial charge >= 0.3 is 0 Å². The van der Waals surface area contributed by atoms with Crippen molar-refractivity contribution in [1.29, 1.82) is 0 Å². The minimum atomic E-state index is -0.535. The van der Waals surface area contributed by atoms with Crippen LogP contribution in [0, 0.1) is 0 Å². The summed E-state index contributed by atoms with van der Waals surface area (Å²) in [6.07, 6.45) is 1.05. The van der Waals surface area contributed by atoms with E-state index < -0.39 is 5.91 Å². The molecule has 2 aromatic carbocycles. The van der Waals surface area contributed by atoms with Gasteiger partial charge in [0.25, 0.3) is 5.91 Å². The third kappa shape index (κ3) is 4.57. The lowest BCUT2D eigenvalue weighted by Gasteiger charge is -2.12. The molecule has 1 atom stereocenters. The van der Waals surface area contributed by atoms with Gasteiger partial charge in [-0.05, 0) is 55.8 Å². The lowest BCUT2D eigenvalue weighted by molar-refractivity contribution is 0.0996. The Balaban J connectivity index is 2.06. The number of rotatable bonds is 6. The zero-order chi connectivity index (χ0) is 16.8. The van der Waals surface area contributed by atoms with Gasteiger partial charge in [-0.1, -0.05) is 13.0 Å². The molecule has 0 aliphatic carbocycles. The molecule has 0 aromatic heterocycles. The van der Waals surface area contributed by atoms with Gasteiger partial charge in [0.2, 0.25) is 5.91 Å².